The predicted octanol–water partition coefficient (Wildman–Crippen LogP) is 5.47. The summed E-state index contributed by atoms with van der Waals surface area (Å²) in [5.74, 6) is 0. The molecule has 21 heavy (non-hydrogen) atoms. The maximum atomic E-state index is 2.42. The van der Waals surface area contributed by atoms with Crippen molar-refractivity contribution in [3.8, 4) is 11.1 Å². The lowest BCUT2D eigenvalue weighted by atomic mass is 9.97. The molecule has 0 N–H and O–H groups in total. The smallest absolute Gasteiger partial charge is 0.00134 e. The second-order valence-electron chi connectivity index (χ2n) is 6.08. The Morgan fingerprint density at radius 1 is 0.810 bits per heavy atom. The quantitative estimate of drug-likeness (QED) is 0.593. The SMILES string of the molecule is C1=CC(CCc2ccc3c(c2)Cc2ccccc2-3)=CCC1. The molecule has 0 unspecified atom stereocenters. The highest BCUT2D eigenvalue weighted by Gasteiger charge is 2.17. The molecule has 0 spiro atoms. The van der Waals surface area contributed by atoms with Crippen molar-refractivity contribution in [1.29, 1.82) is 0 Å². The molecule has 0 saturated heterocycles. The molecule has 0 amide bonds. The molecule has 0 heterocycles. The minimum Gasteiger partial charge on any atom is -0.0840 e. The summed E-state index contributed by atoms with van der Waals surface area (Å²) in [6.07, 6.45) is 12.8. The number of aryl methyl sites for hydroxylation is 1. The van der Waals surface area contributed by atoms with Crippen LogP contribution in [0.3, 0.4) is 0 Å². The van der Waals surface area contributed by atoms with Crippen LogP contribution in [0.1, 0.15) is 36.0 Å². The van der Waals surface area contributed by atoms with Crippen LogP contribution in [0.15, 0.2) is 66.3 Å². The van der Waals surface area contributed by atoms with Gasteiger partial charge in [0, 0.05) is 0 Å². The standard InChI is InChI=1S/C21H20/c1-2-6-16(7-3-1)10-11-17-12-13-21-19(14-17)15-18-8-4-5-9-20(18)21/h2,4-9,12-14H,1,3,10-11,15H2. The van der Waals surface area contributed by atoms with E-state index in [1.165, 1.54) is 52.7 Å². The summed E-state index contributed by atoms with van der Waals surface area (Å²) < 4.78 is 0. The monoisotopic (exact) mass is 272 g/mol. The Balaban J connectivity index is 1.53. The lowest BCUT2D eigenvalue weighted by Crippen LogP contribution is -1.92. The van der Waals surface area contributed by atoms with Gasteiger partial charge in [-0.25, -0.2) is 0 Å². The van der Waals surface area contributed by atoms with E-state index in [-0.39, 0.29) is 0 Å². The van der Waals surface area contributed by atoms with E-state index < -0.39 is 0 Å². The maximum Gasteiger partial charge on any atom is -0.00134 e. The van der Waals surface area contributed by atoms with Gasteiger partial charge in [0.05, 0.1) is 0 Å². The summed E-state index contributed by atoms with van der Waals surface area (Å²) >= 11 is 0. The van der Waals surface area contributed by atoms with Gasteiger partial charge in [-0.15, -0.1) is 0 Å². The third-order valence-electron chi connectivity index (χ3n) is 4.63. The van der Waals surface area contributed by atoms with E-state index in [9.17, 15) is 0 Å². The van der Waals surface area contributed by atoms with Crippen LogP contribution in [-0.4, -0.2) is 0 Å². The van der Waals surface area contributed by atoms with Crippen molar-refractivity contribution in [2.75, 3.05) is 0 Å². The van der Waals surface area contributed by atoms with Crippen molar-refractivity contribution in [2.24, 2.45) is 0 Å². The molecule has 2 aromatic carbocycles. The summed E-state index contributed by atoms with van der Waals surface area (Å²) in [6, 6.07) is 15.8. The van der Waals surface area contributed by atoms with Crippen LogP contribution >= 0.6 is 0 Å². The topological polar surface area (TPSA) is 0 Å². The fourth-order valence-electron chi connectivity index (χ4n) is 3.50. The van der Waals surface area contributed by atoms with E-state index in [2.05, 4.69) is 60.7 Å². The number of rotatable bonds is 3. The number of fused-ring (bicyclic) bond motifs is 3. The minimum atomic E-state index is 1.10. The largest absolute Gasteiger partial charge is 0.0840 e. The third kappa shape index (κ3) is 2.47. The number of benzene rings is 2. The molecule has 0 aliphatic heterocycles. The van der Waals surface area contributed by atoms with Crippen LogP contribution < -0.4 is 0 Å². The molecule has 4 rings (SSSR count). The Bertz CT molecular complexity index is 731. The molecule has 0 radical (unpaired) electrons. The average molecular weight is 272 g/mol. The fourth-order valence-corrected chi connectivity index (χ4v) is 3.50. The van der Waals surface area contributed by atoms with Gasteiger partial charge in [0.1, 0.15) is 0 Å². The van der Waals surface area contributed by atoms with Crippen molar-refractivity contribution < 1.29 is 0 Å². The van der Waals surface area contributed by atoms with Crippen LogP contribution in [-0.2, 0) is 12.8 Å². The molecule has 2 aliphatic rings. The Hall–Kier alpha value is -2.08. The summed E-state index contributed by atoms with van der Waals surface area (Å²) in [5.41, 5.74) is 8.82. The Kier molecular flexibility index (Phi) is 3.23. The highest BCUT2D eigenvalue weighted by molar-refractivity contribution is 5.76. The third-order valence-corrected chi connectivity index (χ3v) is 4.63. The summed E-state index contributed by atoms with van der Waals surface area (Å²) in [5, 5.41) is 0. The van der Waals surface area contributed by atoms with E-state index in [1.54, 1.807) is 0 Å². The van der Waals surface area contributed by atoms with Gasteiger partial charge in [-0.05, 0) is 59.9 Å². The van der Waals surface area contributed by atoms with Crippen LogP contribution in [0.4, 0.5) is 0 Å². The van der Waals surface area contributed by atoms with Crippen LogP contribution in [0.25, 0.3) is 11.1 Å². The second-order valence-corrected chi connectivity index (χ2v) is 6.08. The highest BCUT2D eigenvalue weighted by Crippen LogP contribution is 2.36. The van der Waals surface area contributed by atoms with Crippen molar-refractivity contribution in [2.45, 2.75) is 32.1 Å². The van der Waals surface area contributed by atoms with E-state index in [0.717, 1.165) is 12.8 Å². The normalized spacial score (nSPS) is 15.5. The zero-order chi connectivity index (χ0) is 14.1. The van der Waals surface area contributed by atoms with Gasteiger partial charge in [0.25, 0.3) is 0 Å². The van der Waals surface area contributed by atoms with E-state index >= 15 is 0 Å². The molecule has 0 nitrogen and oxygen atoms in total. The van der Waals surface area contributed by atoms with Gasteiger partial charge in [-0.2, -0.15) is 0 Å². The first-order valence-corrected chi connectivity index (χ1v) is 7.96. The summed E-state index contributed by atoms with van der Waals surface area (Å²) in [7, 11) is 0. The zero-order valence-corrected chi connectivity index (χ0v) is 12.3. The fraction of sp³-hybridized carbons (Fsp3) is 0.238. The zero-order valence-electron chi connectivity index (χ0n) is 12.3. The van der Waals surface area contributed by atoms with Crippen molar-refractivity contribution in [3.63, 3.8) is 0 Å². The van der Waals surface area contributed by atoms with Crippen molar-refractivity contribution in [3.05, 3.63) is 83.0 Å². The molecule has 0 saturated carbocycles. The Morgan fingerprint density at radius 2 is 1.71 bits per heavy atom. The number of hydrogen-bond acceptors (Lipinski definition) is 0. The molecule has 0 heteroatoms. The lowest BCUT2D eigenvalue weighted by molar-refractivity contribution is 0.919. The van der Waals surface area contributed by atoms with Crippen LogP contribution in [0.5, 0.6) is 0 Å². The minimum absolute atomic E-state index is 1.10. The second kappa shape index (κ2) is 5.37. The van der Waals surface area contributed by atoms with Crippen molar-refractivity contribution in [1.82, 2.24) is 0 Å². The predicted molar refractivity (Wildman–Crippen MR) is 89.5 cm³/mol. The lowest BCUT2D eigenvalue weighted by Gasteiger charge is -2.08. The van der Waals surface area contributed by atoms with E-state index in [4.69, 9.17) is 0 Å². The molecule has 2 aliphatic carbocycles. The Morgan fingerprint density at radius 3 is 2.62 bits per heavy atom. The van der Waals surface area contributed by atoms with Crippen molar-refractivity contribution >= 4 is 0 Å². The maximum absolute atomic E-state index is 2.42. The van der Waals surface area contributed by atoms with Gasteiger partial charge in [-0.3, -0.25) is 0 Å². The van der Waals surface area contributed by atoms with Crippen LogP contribution in [0.2, 0.25) is 0 Å². The molecule has 0 bridgehead atoms. The molecular weight excluding hydrogens is 252 g/mol. The van der Waals surface area contributed by atoms with E-state index in [0.29, 0.717) is 0 Å². The van der Waals surface area contributed by atoms with Gasteiger partial charge >= 0.3 is 0 Å². The molecule has 104 valence electrons. The molecule has 0 aromatic heterocycles. The summed E-state index contributed by atoms with van der Waals surface area (Å²) in [6.45, 7) is 0. The first kappa shape index (κ1) is 12.6. The molecular formula is C21H20. The summed E-state index contributed by atoms with van der Waals surface area (Å²) in [4.78, 5) is 0. The number of hydrogen-bond donors (Lipinski definition) is 0. The van der Waals surface area contributed by atoms with Gasteiger partial charge in [0.15, 0.2) is 0 Å². The first-order chi connectivity index (χ1) is 10.4. The molecule has 0 fully saturated rings. The number of allylic oxidation sites excluding steroid dienone is 4. The molecule has 2 aromatic rings. The Labute approximate surface area is 126 Å². The van der Waals surface area contributed by atoms with Gasteiger partial charge < -0.3 is 0 Å². The van der Waals surface area contributed by atoms with Crippen LogP contribution in [0, 0.1) is 0 Å². The first-order valence-electron chi connectivity index (χ1n) is 7.96. The van der Waals surface area contributed by atoms with Gasteiger partial charge in [-0.1, -0.05) is 66.3 Å². The average Bonchev–Trinajstić information content (AvgIpc) is 2.91. The van der Waals surface area contributed by atoms with E-state index in [1.807, 2.05) is 0 Å². The molecule has 0 atom stereocenters. The van der Waals surface area contributed by atoms with Gasteiger partial charge in [0.2, 0.25) is 0 Å². The highest BCUT2D eigenvalue weighted by atomic mass is 14.2.